The van der Waals surface area contributed by atoms with Crippen LogP contribution < -0.4 is 15.5 Å². The first kappa shape index (κ1) is 22.8. The van der Waals surface area contributed by atoms with E-state index >= 15 is 0 Å². The number of carbonyl (C=O) groups is 1. The number of hydrogen-bond acceptors (Lipinski definition) is 4. The molecule has 2 aromatic rings. The molecule has 0 spiro atoms. The van der Waals surface area contributed by atoms with E-state index in [0.29, 0.717) is 22.2 Å². The Morgan fingerprint density at radius 3 is 2.64 bits per heavy atom. The number of dihydropyridines is 1. The van der Waals surface area contributed by atoms with Crippen molar-refractivity contribution in [1.29, 1.82) is 0 Å². The lowest BCUT2D eigenvalue weighted by molar-refractivity contribution is 0.0993. The molecule has 0 atom stereocenters. The molecule has 0 aliphatic carbocycles. The summed E-state index contributed by atoms with van der Waals surface area (Å²) in [5.74, 6) is -0.299. The highest BCUT2D eigenvalue weighted by Gasteiger charge is 2.30. The summed E-state index contributed by atoms with van der Waals surface area (Å²) < 4.78 is 13.9. The normalized spacial score (nSPS) is 17.8. The van der Waals surface area contributed by atoms with Crippen molar-refractivity contribution in [3.63, 3.8) is 0 Å². The number of nitrogens with one attached hydrogen (secondary N) is 2. The van der Waals surface area contributed by atoms with Gasteiger partial charge >= 0.3 is 0 Å². The number of halogens is 2. The van der Waals surface area contributed by atoms with Gasteiger partial charge in [0.15, 0.2) is 0 Å². The second-order valence-electron chi connectivity index (χ2n) is 7.72. The summed E-state index contributed by atoms with van der Waals surface area (Å²) in [7, 11) is 0. The van der Waals surface area contributed by atoms with Crippen molar-refractivity contribution in [1.82, 2.24) is 10.2 Å². The third-order valence-corrected chi connectivity index (χ3v) is 5.92. The number of likely N-dealkylation sites (N-methyl/N-ethyl adjacent to an activating group) is 1. The zero-order valence-electron chi connectivity index (χ0n) is 18.6. The molecule has 0 saturated carbocycles. The number of nitrogens with zero attached hydrogens (tertiary/aromatic N) is 2. The molecule has 0 fully saturated rings. The minimum Gasteiger partial charge on any atom is -0.358 e. The lowest BCUT2D eigenvalue weighted by Gasteiger charge is -2.32. The topological polar surface area (TPSA) is 47.6 Å². The second-order valence-corrected chi connectivity index (χ2v) is 8.13. The number of para-hydroxylation sites is 1. The number of fused-ring (bicyclic) bond motifs is 1. The van der Waals surface area contributed by atoms with Crippen molar-refractivity contribution in [2.75, 3.05) is 29.9 Å². The zero-order chi connectivity index (χ0) is 23.4. The molecule has 0 unspecified atom stereocenters. The van der Waals surface area contributed by atoms with Crippen molar-refractivity contribution in [2.24, 2.45) is 0 Å². The predicted octanol–water partition coefficient (Wildman–Crippen LogP) is 5.66. The van der Waals surface area contributed by atoms with E-state index in [1.54, 1.807) is 30.3 Å². The van der Waals surface area contributed by atoms with Gasteiger partial charge in [-0.15, -0.1) is 0 Å². The van der Waals surface area contributed by atoms with Gasteiger partial charge in [0.1, 0.15) is 11.6 Å². The van der Waals surface area contributed by atoms with Crippen LogP contribution in [0.3, 0.4) is 0 Å². The van der Waals surface area contributed by atoms with E-state index < -0.39 is 5.82 Å². The van der Waals surface area contributed by atoms with Crippen LogP contribution >= 0.6 is 11.6 Å². The van der Waals surface area contributed by atoms with Crippen molar-refractivity contribution in [2.45, 2.75) is 13.8 Å². The van der Waals surface area contributed by atoms with Gasteiger partial charge in [-0.2, -0.15) is 0 Å². The molecule has 2 heterocycles. The SMILES string of the molecule is CCN(CC)CC1=CC=C/C(=C/C=C2\Nc3ccc(F)cc3C(=O)N2c2ccccc2Cl)N1. The fourth-order valence-electron chi connectivity index (χ4n) is 3.80. The number of carbonyl (C=O) groups excluding carboxylic acids is 1. The molecular weight excluding hydrogens is 439 g/mol. The molecule has 33 heavy (non-hydrogen) atoms. The van der Waals surface area contributed by atoms with E-state index in [-0.39, 0.29) is 11.5 Å². The Bertz CT molecular complexity index is 1180. The van der Waals surface area contributed by atoms with Gasteiger partial charge in [0.05, 0.1) is 22.0 Å². The van der Waals surface area contributed by atoms with Crippen molar-refractivity contribution < 1.29 is 9.18 Å². The van der Waals surface area contributed by atoms with Crippen LogP contribution in [0.25, 0.3) is 0 Å². The summed E-state index contributed by atoms with van der Waals surface area (Å²) in [4.78, 5) is 17.2. The van der Waals surface area contributed by atoms with Crippen LogP contribution in [0.4, 0.5) is 15.8 Å². The van der Waals surface area contributed by atoms with E-state index in [1.165, 1.54) is 17.0 Å². The highest BCUT2D eigenvalue weighted by atomic mass is 35.5. The molecule has 2 N–H and O–H groups in total. The Hall–Kier alpha value is -3.35. The predicted molar refractivity (Wildman–Crippen MR) is 133 cm³/mol. The van der Waals surface area contributed by atoms with E-state index in [0.717, 1.165) is 31.0 Å². The molecule has 7 heteroatoms. The third-order valence-electron chi connectivity index (χ3n) is 5.60. The number of rotatable bonds is 6. The number of anilines is 2. The monoisotopic (exact) mass is 464 g/mol. The molecule has 2 aromatic carbocycles. The molecule has 4 rings (SSSR count). The van der Waals surface area contributed by atoms with Crippen molar-refractivity contribution >= 4 is 28.9 Å². The molecule has 0 aromatic heterocycles. The molecule has 170 valence electrons. The van der Waals surface area contributed by atoms with Crippen LogP contribution in [0.15, 0.2) is 90.1 Å². The Morgan fingerprint density at radius 1 is 1.09 bits per heavy atom. The van der Waals surface area contributed by atoms with Crippen molar-refractivity contribution in [3.8, 4) is 0 Å². The largest absolute Gasteiger partial charge is 0.358 e. The molecule has 1 amide bonds. The summed E-state index contributed by atoms with van der Waals surface area (Å²) in [5.41, 5.74) is 3.31. The molecule has 0 radical (unpaired) electrons. The number of allylic oxidation sites excluding steroid dienone is 5. The van der Waals surface area contributed by atoms with E-state index in [4.69, 9.17) is 11.6 Å². The van der Waals surface area contributed by atoms with E-state index in [2.05, 4.69) is 35.5 Å². The van der Waals surface area contributed by atoms with Crippen LogP contribution in [0, 0.1) is 5.82 Å². The number of hydrogen-bond donors (Lipinski definition) is 2. The van der Waals surface area contributed by atoms with Crippen LogP contribution in [-0.4, -0.2) is 30.4 Å². The zero-order valence-corrected chi connectivity index (χ0v) is 19.4. The number of amides is 1. The first-order valence-electron chi connectivity index (χ1n) is 10.9. The maximum atomic E-state index is 13.9. The molecule has 0 bridgehead atoms. The van der Waals surface area contributed by atoms with Gasteiger partial charge in [0.25, 0.3) is 5.91 Å². The quantitative estimate of drug-likeness (QED) is 0.579. The van der Waals surface area contributed by atoms with Crippen LogP contribution in [0.2, 0.25) is 5.02 Å². The average Bonchev–Trinajstić information content (AvgIpc) is 2.83. The fourth-order valence-corrected chi connectivity index (χ4v) is 4.02. The summed E-state index contributed by atoms with van der Waals surface area (Å²) in [6, 6.07) is 11.2. The average molecular weight is 465 g/mol. The Morgan fingerprint density at radius 2 is 1.88 bits per heavy atom. The minimum absolute atomic E-state index is 0.250. The lowest BCUT2D eigenvalue weighted by Crippen LogP contribution is -2.38. The highest BCUT2D eigenvalue weighted by Crippen LogP contribution is 2.35. The summed E-state index contributed by atoms with van der Waals surface area (Å²) in [5, 5.41) is 7.11. The van der Waals surface area contributed by atoms with E-state index in [1.807, 2.05) is 24.3 Å². The third kappa shape index (κ3) is 5.02. The van der Waals surface area contributed by atoms with Crippen LogP contribution in [0.1, 0.15) is 24.2 Å². The summed E-state index contributed by atoms with van der Waals surface area (Å²) in [6.07, 6.45) is 9.76. The van der Waals surface area contributed by atoms with E-state index in [9.17, 15) is 9.18 Å². The van der Waals surface area contributed by atoms with Gasteiger partial charge < -0.3 is 10.6 Å². The summed E-state index contributed by atoms with van der Waals surface area (Å²) in [6.45, 7) is 7.06. The molecule has 5 nitrogen and oxygen atoms in total. The first-order valence-corrected chi connectivity index (χ1v) is 11.3. The molecular formula is C26H26ClFN4O. The van der Waals surface area contributed by atoms with Gasteiger partial charge in [-0.05, 0) is 67.7 Å². The van der Waals surface area contributed by atoms with Gasteiger partial charge in [-0.3, -0.25) is 14.6 Å². The molecule has 0 saturated heterocycles. The maximum Gasteiger partial charge on any atom is 0.266 e. The Balaban J connectivity index is 1.68. The Kier molecular flexibility index (Phi) is 6.96. The minimum atomic E-state index is -0.471. The molecule has 2 aliphatic heterocycles. The van der Waals surface area contributed by atoms with Gasteiger partial charge in [0.2, 0.25) is 0 Å². The lowest BCUT2D eigenvalue weighted by atomic mass is 10.1. The van der Waals surface area contributed by atoms with Gasteiger partial charge in [0, 0.05) is 17.9 Å². The smallest absolute Gasteiger partial charge is 0.266 e. The van der Waals surface area contributed by atoms with Crippen molar-refractivity contribution in [3.05, 3.63) is 106 Å². The first-order chi connectivity index (χ1) is 16.0. The molecule has 2 aliphatic rings. The number of benzene rings is 2. The second kappa shape index (κ2) is 10.1. The van der Waals surface area contributed by atoms with Gasteiger partial charge in [-0.1, -0.05) is 43.7 Å². The Labute approximate surface area is 198 Å². The summed E-state index contributed by atoms with van der Waals surface area (Å²) >= 11 is 6.42. The maximum absolute atomic E-state index is 13.9. The van der Waals surface area contributed by atoms with Crippen LogP contribution in [-0.2, 0) is 0 Å². The van der Waals surface area contributed by atoms with Crippen LogP contribution in [0.5, 0.6) is 0 Å². The van der Waals surface area contributed by atoms with Gasteiger partial charge in [-0.25, -0.2) is 4.39 Å². The highest BCUT2D eigenvalue weighted by molar-refractivity contribution is 6.34. The fraction of sp³-hybridized carbons (Fsp3) is 0.192. The standard InChI is InChI=1S/C26H26ClFN4O/c1-3-31(4-2)17-20-9-7-8-19(29-20)13-15-25-30-23-14-12-18(28)16-21(23)26(33)32(25)24-11-6-5-10-22(24)27/h5-16,29-30H,3-4,17H2,1-2H3/b19-13-,25-15+.